The summed E-state index contributed by atoms with van der Waals surface area (Å²) in [5.74, 6) is 0.194. The number of aldehydes is 1. The first-order valence-corrected chi connectivity index (χ1v) is 7.24. The highest BCUT2D eigenvalue weighted by Gasteiger charge is 2.14. The fraction of sp³-hybridized carbons (Fsp3) is 0.176. The number of para-hydroxylation sites is 1. The molecule has 0 aliphatic heterocycles. The predicted octanol–water partition coefficient (Wildman–Crippen LogP) is 3.49. The number of halogens is 1. The number of ether oxygens (including phenoxy) is 2. The van der Waals surface area contributed by atoms with Crippen molar-refractivity contribution >= 4 is 29.5 Å². The van der Waals surface area contributed by atoms with Gasteiger partial charge in [0.1, 0.15) is 6.29 Å². The highest BCUT2D eigenvalue weighted by Crippen LogP contribution is 2.36. The number of benzene rings is 2. The number of amides is 1. The summed E-state index contributed by atoms with van der Waals surface area (Å²) in [6, 6.07) is 10.4. The molecule has 0 aromatic heterocycles. The number of carbonyl (C=O) groups is 2. The molecule has 2 aromatic carbocycles. The van der Waals surface area contributed by atoms with Crippen molar-refractivity contribution in [3.63, 3.8) is 0 Å². The summed E-state index contributed by atoms with van der Waals surface area (Å²) in [5.41, 5.74) is 2.03. The zero-order chi connectivity index (χ0) is 16.8. The highest BCUT2D eigenvalue weighted by molar-refractivity contribution is 6.32. The van der Waals surface area contributed by atoms with Crippen LogP contribution < -0.4 is 14.8 Å². The van der Waals surface area contributed by atoms with E-state index in [1.54, 1.807) is 6.07 Å². The summed E-state index contributed by atoms with van der Waals surface area (Å²) >= 11 is 6.07. The Morgan fingerprint density at radius 3 is 2.70 bits per heavy atom. The molecule has 0 fully saturated rings. The van der Waals surface area contributed by atoms with E-state index < -0.39 is 0 Å². The molecule has 23 heavy (non-hydrogen) atoms. The minimum atomic E-state index is -0.322. The largest absolute Gasteiger partial charge is 0.493 e. The number of nitrogens with one attached hydrogen (secondary N) is 1. The van der Waals surface area contributed by atoms with Crippen molar-refractivity contribution in [2.75, 3.05) is 19.0 Å². The van der Waals surface area contributed by atoms with Gasteiger partial charge in [-0.2, -0.15) is 0 Å². The zero-order valence-corrected chi connectivity index (χ0v) is 13.5. The molecule has 120 valence electrons. The topological polar surface area (TPSA) is 64.6 Å². The molecule has 5 nitrogen and oxygen atoms in total. The molecular weight excluding hydrogens is 318 g/mol. The standard InChI is InChI=1S/C17H16ClNO4/c1-11-5-3-4-6-14(11)19-16(21)10-23-17-13(18)7-12(9-20)8-15(17)22-2/h3-9H,10H2,1-2H3,(H,19,21). The second-order valence-corrected chi connectivity index (χ2v) is 5.21. The Labute approximate surface area is 139 Å². The van der Waals surface area contributed by atoms with Gasteiger partial charge in [0, 0.05) is 11.3 Å². The third-order valence-corrected chi connectivity index (χ3v) is 3.44. The van der Waals surface area contributed by atoms with Crippen LogP contribution in [-0.4, -0.2) is 25.9 Å². The summed E-state index contributed by atoms with van der Waals surface area (Å²) in [7, 11) is 1.43. The van der Waals surface area contributed by atoms with Crippen molar-refractivity contribution < 1.29 is 19.1 Å². The third-order valence-electron chi connectivity index (χ3n) is 3.15. The molecule has 0 unspecified atom stereocenters. The number of methoxy groups -OCH3 is 1. The Morgan fingerprint density at radius 1 is 1.30 bits per heavy atom. The van der Waals surface area contributed by atoms with E-state index in [4.69, 9.17) is 21.1 Å². The van der Waals surface area contributed by atoms with E-state index in [1.165, 1.54) is 19.2 Å². The molecular formula is C17H16ClNO4. The molecule has 2 aromatic rings. The van der Waals surface area contributed by atoms with Crippen molar-refractivity contribution in [3.8, 4) is 11.5 Å². The maximum Gasteiger partial charge on any atom is 0.262 e. The van der Waals surface area contributed by atoms with Crippen molar-refractivity contribution in [2.45, 2.75) is 6.92 Å². The van der Waals surface area contributed by atoms with Gasteiger partial charge in [0.2, 0.25) is 0 Å². The van der Waals surface area contributed by atoms with Crippen LogP contribution in [0.15, 0.2) is 36.4 Å². The smallest absolute Gasteiger partial charge is 0.262 e. The second kappa shape index (κ2) is 7.65. The fourth-order valence-corrected chi connectivity index (χ4v) is 2.26. The van der Waals surface area contributed by atoms with Crippen LogP contribution in [0.1, 0.15) is 15.9 Å². The molecule has 2 rings (SSSR count). The van der Waals surface area contributed by atoms with Gasteiger partial charge in [0.15, 0.2) is 18.1 Å². The molecule has 0 radical (unpaired) electrons. The van der Waals surface area contributed by atoms with Gasteiger partial charge in [-0.15, -0.1) is 0 Å². The zero-order valence-electron chi connectivity index (χ0n) is 12.8. The molecule has 0 heterocycles. The molecule has 0 aliphatic rings. The SMILES string of the molecule is COc1cc(C=O)cc(Cl)c1OCC(=O)Nc1ccccc1C. The summed E-state index contributed by atoms with van der Waals surface area (Å²) in [4.78, 5) is 22.8. The van der Waals surface area contributed by atoms with E-state index in [1.807, 2.05) is 25.1 Å². The van der Waals surface area contributed by atoms with Crippen molar-refractivity contribution in [1.29, 1.82) is 0 Å². The van der Waals surface area contributed by atoms with Crippen LogP contribution in [0.4, 0.5) is 5.69 Å². The van der Waals surface area contributed by atoms with Crippen LogP contribution in [0.5, 0.6) is 11.5 Å². The van der Waals surface area contributed by atoms with Gasteiger partial charge in [-0.05, 0) is 30.7 Å². The van der Waals surface area contributed by atoms with Gasteiger partial charge in [0.05, 0.1) is 12.1 Å². The first kappa shape index (κ1) is 16.8. The number of aryl methyl sites for hydroxylation is 1. The summed E-state index contributed by atoms with van der Waals surface area (Å²) in [6.07, 6.45) is 0.656. The maximum absolute atomic E-state index is 12.0. The van der Waals surface area contributed by atoms with E-state index in [-0.39, 0.29) is 23.3 Å². The predicted molar refractivity (Wildman–Crippen MR) is 88.7 cm³/mol. The minimum absolute atomic E-state index is 0.204. The van der Waals surface area contributed by atoms with Crippen LogP contribution >= 0.6 is 11.6 Å². The van der Waals surface area contributed by atoms with Crippen LogP contribution in [0, 0.1) is 6.92 Å². The van der Waals surface area contributed by atoms with Gasteiger partial charge in [-0.3, -0.25) is 9.59 Å². The Balaban J connectivity index is 2.07. The lowest BCUT2D eigenvalue weighted by atomic mass is 10.2. The Kier molecular flexibility index (Phi) is 5.60. The van der Waals surface area contributed by atoms with Crippen LogP contribution in [0.25, 0.3) is 0 Å². The fourth-order valence-electron chi connectivity index (χ4n) is 1.99. The van der Waals surface area contributed by atoms with Crippen LogP contribution in [0.2, 0.25) is 5.02 Å². The Morgan fingerprint density at radius 2 is 2.04 bits per heavy atom. The normalized spacial score (nSPS) is 10.0. The Hall–Kier alpha value is -2.53. The molecule has 0 aliphatic carbocycles. The number of carbonyl (C=O) groups excluding carboxylic acids is 2. The van der Waals surface area contributed by atoms with E-state index in [0.29, 0.717) is 17.6 Å². The summed E-state index contributed by atoms with van der Waals surface area (Å²) in [5, 5.41) is 2.96. The number of anilines is 1. The Bertz CT molecular complexity index is 731. The van der Waals surface area contributed by atoms with E-state index in [2.05, 4.69) is 5.32 Å². The molecule has 1 N–H and O–H groups in total. The lowest BCUT2D eigenvalue weighted by Gasteiger charge is -2.13. The highest BCUT2D eigenvalue weighted by atomic mass is 35.5. The van der Waals surface area contributed by atoms with Crippen LogP contribution in [-0.2, 0) is 4.79 Å². The van der Waals surface area contributed by atoms with Gasteiger partial charge >= 0.3 is 0 Å². The van der Waals surface area contributed by atoms with Gasteiger partial charge < -0.3 is 14.8 Å². The lowest BCUT2D eigenvalue weighted by Crippen LogP contribution is -2.21. The average Bonchev–Trinajstić information content (AvgIpc) is 2.55. The number of rotatable bonds is 6. The molecule has 0 atom stereocenters. The summed E-state index contributed by atoms with van der Waals surface area (Å²) < 4.78 is 10.6. The van der Waals surface area contributed by atoms with Crippen molar-refractivity contribution in [1.82, 2.24) is 0 Å². The molecule has 6 heteroatoms. The van der Waals surface area contributed by atoms with E-state index in [0.717, 1.165) is 11.3 Å². The summed E-state index contributed by atoms with van der Waals surface area (Å²) in [6.45, 7) is 1.67. The number of hydrogen-bond donors (Lipinski definition) is 1. The number of hydrogen-bond acceptors (Lipinski definition) is 4. The van der Waals surface area contributed by atoms with Crippen molar-refractivity contribution in [2.24, 2.45) is 0 Å². The monoisotopic (exact) mass is 333 g/mol. The minimum Gasteiger partial charge on any atom is -0.493 e. The first-order chi connectivity index (χ1) is 11.0. The van der Waals surface area contributed by atoms with Crippen molar-refractivity contribution in [3.05, 3.63) is 52.5 Å². The average molecular weight is 334 g/mol. The molecule has 1 amide bonds. The second-order valence-electron chi connectivity index (χ2n) is 4.80. The van der Waals surface area contributed by atoms with E-state index in [9.17, 15) is 9.59 Å². The van der Waals surface area contributed by atoms with Gasteiger partial charge in [-0.25, -0.2) is 0 Å². The first-order valence-electron chi connectivity index (χ1n) is 6.86. The molecule has 0 bridgehead atoms. The van der Waals surface area contributed by atoms with Crippen LogP contribution in [0.3, 0.4) is 0 Å². The van der Waals surface area contributed by atoms with Gasteiger partial charge in [0.25, 0.3) is 5.91 Å². The quantitative estimate of drug-likeness (QED) is 0.822. The molecule has 0 saturated carbocycles. The maximum atomic E-state index is 12.0. The van der Waals surface area contributed by atoms with E-state index >= 15 is 0 Å². The molecule has 0 spiro atoms. The third kappa shape index (κ3) is 4.23. The molecule has 0 saturated heterocycles. The van der Waals surface area contributed by atoms with Gasteiger partial charge in [-0.1, -0.05) is 29.8 Å². The lowest BCUT2D eigenvalue weighted by molar-refractivity contribution is -0.118.